The van der Waals surface area contributed by atoms with Crippen LogP contribution in [0.5, 0.6) is 5.75 Å². The first kappa shape index (κ1) is 30.8. The van der Waals surface area contributed by atoms with E-state index in [1.165, 1.54) is 30.2 Å². The number of nitrogens with one attached hydrogen (secondary N) is 1. The SMILES string of the molecule is COC(=O)c1ccc(NC(=O)CSc2nnc(N3C(N)=C(C#N)C(c4ccccc4OC)C4=C3CC(C)(C)CC4=O)s2)cc1. The zero-order chi connectivity index (χ0) is 31.6. The summed E-state index contributed by atoms with van der Waals surface area (Å²) in [4.78, 5) is 39.7. The Balaban J connectivity index is 1.42. The molecule has 1 aromatic heterocycles. The lowest BCUT2D eigenvalue weighted by atomic mass is 9.68. The van der Waals surface area contributed by atoms with E-state index in [1.807, 2.05) is 32.0 Å². The molecule has 0 spiro atoms. The van der Waals surface area contributed by atoms with Crippen molar-refractivity contribution >= 4 is 51.6 Å². The highest BCUT2D eigenvalue weighted by atomic mass is 32.2. The summed E-state index contributed by atoms with van der Waals surface area (Å²) < 4.78 is 10.8. The fourth-order valence-corrected chi connectivity index (χ4v) is 7.11. The van der Waals surface area contributed by atoms with E-state index in [4.69, 9.17) is 15.2 Å². The number of hydrogen-bond donors (Lipinski definition) is 2. The van der Waals surface area contributed by atoms with Gasteiger partial charge in [-0.15, -0.1) is 10.2 Å². The van der Waals surface area contributed by atoms with Crippen molar-refractivity contribution in [3.8, 4) is 11.8 Å². The lowest BCUT2D eigenvalue weighted by molar-refractivity contribution is -0.118. The molecule has 1 atom stereocenters. The number of Topliss-reactive ketones (excluding diaryl/α,β-unsaturated/α-hetero) is 1. The predicted octanol–water partition coefficient (Wildman–Crippen LogP) is 5.00. The highest BCUT2D eigenvalue weighted by Gasteiger charge is 2.46. The average Bonchev–Trinajstić information content (AvgIpc) is 3.47. The van der Waals surface area contributed by atoms with Crippen molar-refractivity contribution in [3.63, 3.8) is 0 Å². The molecule has 5 rings (SSSR count). The first-order valence-corrected chi connectivity index (χ1v) is 15.4. The van der Waals surface area contributed by atoms with Crippen LogP contribution in [0.25, 0.3) is 0 Å². The second-order valence-electron chi connectivity index (χ2n) is 11.0. The van der Waals surface area contributed by atoms with Crippen LogP contribution in [0.2, 0.25) is 0 Å². The molecule has 0 saturated heterocycles. The number of ether oxygens (including phenoxy) is 2. The molecule has 1 aliphatic heterocycles. The van der Waals surface area contributed by atoms with Crippen LogP contribution in [0.1, 0.15) is 48.5 Å². The summed E-state index contributed by atoms with van der Waals surface area (Å²) in [6.45, 7) is 4.04. The molecule has 0 bridgehead atoms. The molecular formula is C31H30N6O5S2. The summed E-state index contributed by atoms with van der Waals surface area (Å²) in [7, 11) is 2.85. The Morgan fingerprint density at radius 1 is 1.16 bits per heavy atom. The number of carbonyl (C=O) groups is 3. The molecule has 0 fully saturated rings. The van der Waals surface area contributed by atoms with Crippen LogP contribution in [-0.4, -0.2) is 47.8 Å². The van der Waals surface area contributed by atoms with E-state index in [2.05, 4.69) is 21.6 Å². The van der Waals surface area contributed by atoms with Crippen molar-refractivity contribution < 1.29 is 23.9 Å². The number of anilines is 2. The molecule has 2 aromatic carbocycles. The number of nitrogens with zero attached hydrogens (tertiary/aromatic N) is 4. The summed E-state index contributed by atoms with van der Waals surface area (Å²) >= 11 is 2.41. The second-order valence-corrected chi connectivity index (χ2v) is 13.2. The molecule has 1 amide bonds. The number of methoxy groups -OCH3 is 2. The van der Waals surface area contributed by atoms with Crippen molar-refractivity contribution in [2.24, 2.45) is 11.1 Å². The van der Waals surface area contributed by atoms with Crippen LogP contribution in [0.4, 0.5) is 10.8 Å². The fraction of sp³-hybridized carbons (Fsp3) is 0.290. The summed E-state index contributed by atoms with van der Waals surface area (Å²) in [5.41, 5.74) is 9.38. The predicted molar refractivity (Wildman–Crippen MR) is 167 cm³/mol. The smallest absolute Gasteiger partial charge is 0.337 e. The maximum atomic E-state index is 13.8. The normalized spacial score (nSPS) is 17.6. The number of thioether (sulfide) groups is 1. The standard InChI is InChI=1S/C31H30N6O5S2/c1-31(2)13-21-26(22(38)14-31)25(19-7-5-6-8-23(19)41-3)20(15-32)27(33)37(21)29-35-36-30(44-29)43-16-24(39)34-18-11-9-17(10-12-18)28(40)42-4/h5-12,25H,13-14,16,33H2,1-4H3,(H,34,39). The molecule has 13 heteroatoms. The summed E-state index contributed by atoms with van der Waals surface area (Å²) in [6, 6.07) is 15.9. The monoisotopic (exact) mass is 630 g/mol. The second kappa shape index (κ2) is 12.5. The van der Waals surface area contributed by atoms with Gasteiger partial charge in [0.1, 0.15) is 11.6 Å². The highest BCUT2D eigenvalue weighted by molar-refractivity contribution is 8.01. The number of allylic oxidation sites excluding steroid dienone is 3. The lowest BCUT2D eigenvalue weighted by Gasteiger charge is -2.42. The van der Waals surface area contributed by atoms with E-state index >= 15 is 0 Å². The number of ketones is 1. The van der Waals surface area contributed by atoms with E-state index in [1.54, 1.807) is 42.3 Å². The molecule has 44 heavy (non-hydrogen) atoms. The van der Waals surface area contributed by atoms with Crippen LogP contribution in [-0.2, 0) is 14.3 Å². The Hall–Kier alpha value is -4.67. The molecule has 1 unspecified atom stereocenters. The first-order chi connectivity index (χ1) is 21.1. The number of nitriles is 1. The number of rotatable bonds is 8. The third-order valence-electron chi connectivity index (χ3n) is 7.33. The van der Waals surface area contributed by atoms with Crippen LogP contribution < -0.4 is 20.7 Å². The lowest BCUT2D eigenvalue weighted by Crippen LogP contribution is -2.42. The molecule has 2 heterocycles. The zero-order valence-electron chi connectivity index (χ0n) is 24.5. The molecule has 2 aliphatic rings. The average molecular weight is 631 g/mol. The van der Waals surface area contributed by atoms with Gasteiger partial charge in [-0.25, -0.2) is 4.79 Å². The number of benzene rings is 2. The third kappa shape index (κ3) is 6.04. The van der Waals surface area contributed by atoms with E-state index in [0.717, 1.165) is 0 Å². The minimum atomic E-state index is -0.682. The van der Waals surface area contributed by atoms with Crippen molar-refractivity contribution in [2.75, 3.05) is 30.2 Å². The number of para-hydroxylation sites is 1. The van der Waals surface area contributed by atoms with Crippen molar-refractivity contribution in [1.82, 2.24) is 10.2 Å². The number of aromatic nitrogens is 2. The third-order valence-corrected chi connectivity index (χ3v) is 9.38. The molecule has 3 aromatic rings. The van der Waals surface area contributed by atoms with Gasteiger partial charge in [-0.05, 0) is 42.2 Å². The van der Waals surface area contributed by atoms with Crippen LogP contribution in [0.3, 0.4) is 0 Å². The number of hydrogen-bond acceptors (Lipinski definition) is 12. The Morgan fingerprint density at radius 2 is 1.89 bits per heavy atom. The van der Waals surface area contributed by atoms with Gasteiger partial charge in [0.05, 0.1) is 43.1 Å². The minimum Gasteiger partial charge on any atom is -0.496 e. The van der Waals surface area contributed by atoms with E-state index < -0.39 is 11.9 Å². The van der Waals surface area contributed by atoms with Gasteiger partial charge in [0.25, 0.3) is 0 Å². The molecule has 0 saturated carbocycles. The van der Waals surface area contributed by atoms with E-state index in [0.29, 0.717) is 56.1 Å². The topological polar surface area (TPSA) is 161 Å². The van der Waals surface area contributed by atoms with Crippen LogP contribution in [0.15, 0.2) is 75.5 Å². The van der Waals surface area contributed by atoms with E-state index in [9.17, 15) is 19.6 Å². The Bertz CT molecular complexity index is 1740. The highest BCUT2D eigenvalue weighted by Crippen LogP contribution is 2.52. The van der Waals surface area contributed by atoms with Gasteiger partial charge >= 0.3 is 5.97 Å². The summed E-state index contributed by atoms with van der Waals surface area (Å²) in [6.07, 6.45) is 0.847. The number of esters is 1. The molecular weight excluding hydrogens is 601 g/mol. The molecule has 0 radical (unpaired) electrons. The Labute approximate surface area is 262 Å². The van der Waals surface area contributed by atoms with Gasteiger partial charge in [0.15, 0.2) is 10.1 Å². The quantitative estimate of drug-likeness (QED) is 0.254. The maximum absolute atomic E-state index is 13.8. The Morgan fingerprint density at radius 3 is 2.57 bits per heavy atom. The summed E-state index contributed by atoms with van der Waals surface area (Å²) in [5.74, 6) is -0.693. The largest absolute Gasteiger partial charge is 0.496 e. The summed E-state index contributed by atoms with van der Waals surface area (Å²) in [5, 5.41) is 22.1. The molecule has 1 aliphatic carbocycles. The fourth-order valence-electron chi connectivity index (χ4n) is 5.43. The van der Waals surface area contributed by atoms with Gasteiger partial charge in [-0.2, -0.15) is 5.26 Å². The number of nitrogens with two attached hydrogens (primary N) is 1. The maximum Gasteiger partial charge on any atom is 0.337 e. The van der Waals surface area contributed by atoms with Gasteiger partial charge in [0, 0.05) is 28.9 Å². The van der Waals surface area contributed by atoms with Crippen molar-refractivity contribution in [2.45, 2.75) is 36.9 Å². The molecule has 11 nitrogen and oxygen atoms in total. The Kier molecular flexibility index (Phi) is 8.75. The van der Waals surface area contributed by atoms with Crippen LogP contribution in [0, 0.1) is 16.7 Å². The van der Waals surface area contributed by atoms with Gasteiger partial charge in [-0.1, -0.05) is 55.1 Å². The minimum absolute atomic E-state index is 0.0531. The van der Waals surface area contributed by atoms with E-state index in [-0.39, 0.29) is 34.3 Å². The first-order valence-electron chi connectivity index (χ1n) is 13.6. The van der Waals surface area contributed by atoms with Gasteiger partial charge in [0.2, 0.25) is 11.0 Å². The van der Waals surface area contributed by atoms with Gasteiger partial charge in [-0.3, -0.25) is 14.5 Å². The number of amides is 1. The van der Waals surface area contributed by atoms with Crippen LogP contribution >= 0.6 is 23.1 Å². The van der Waals surface area contributed by atoms with Crippen molar-refractivity contribution in [3.05, 3.63) is 82.3 Å². The molecule has 226 valence electrons. The number of carbonyl (C=O) groups excluding carboxylic acids is 3. The molecule has 3 N–H and O–H groups in total. The van der Waals surface area contributed by atoms with Crippen molar-refractivity contribution in [1.29, 1.82) is 5.26 Å². The van der Waals surface area contributed by atoms with Gasteiger partial charge < -0.3 is 20.5 Å². The zero-order valence-corrected chi connectivity index (χ0v) is 26.2.